The minimum atomic E-state index is -0.553. The van der Waals surface area contributed by atoms with Crippen molar-refractivity contribution in [1.29, 1.82) is 0 Å². The number of benzene rings is 1. The maximum absolute atomic E-state index is 12.8. The van der Waals surface area contributed by atoms with Gasteiger partial charge in [-0.3, -0.25) is 19.7 Å². The molecule has 0 bridgehead atoms. The molecule has 28 heavy (non-hydrogen) atoms. The van der Waals surface area contributed by atoms with Crippen LogP contribution in [-0.4, -0.2) is 47.3 Å². The summed E-state index contributed by atoms with van der Waals surface area (Å²) in [5.74, 6) is 0.0985. The van der Waals surface area contributed by atoms with E-state index in [4.69, 9.17) is 0 Å². The number of imide groups is 1. The topological polar surface area (TPSA) is 90.5 Å². The van der Waals surface area contributed by atoms with Gasteiger partial charge in [0.15, 0.2) is 0 Å². The fraction of sp³-hybridized carbons (Fsp3) is 0.571. The lowest BCUT2D eigenvalue weighted by molar-refractivity contribution is -0.136. The van der Waals surface area contributed by atoms with Gasteiger partial charge in [0.1, 0.15) is 6.04 Å². The standard InChI is InChI=1S/C21H26N4O3/c26-18-6-5-17(20(27)24-18)25-11-14-9-12(1-4-15(14)21(25)28)10-23-16-7-8-22-19(16)13-2-3-13/h1,4,9,13,16-17,19,22-23H,2-3,5-8,10-11H2,(H,24,26,27)/t16-,17?,19+/m1/s1. The van der Waals surface area contributed by atoms with Crippen LogP contribution in [0.2, 0.25) is 0 Å². The van der Waals surface area contributed by atoms with Crippen LogP contribution in [0.25, 0.3) is 0 Å². The second-order valence-corrected chi connectivity index (χ2v) is 8.48. The first-order chi connectivity index (χ1) is 13.6. The van der Waals surface area contributed by atoms with Crippen LogP contribution in [0.1, 0.15) is 53.6 Å². The van der Waals surface area contributed by atoms with Crippen molar-refractivity contribution in [3.8, 4) is 0 Å². The number of hydrogen-bond donors (Lipinski definition) is 3. The fourth-order valence-electron chi connectivity index (χ4n) is 4.89. The summed E-state index contributed by atoms with van der Waals surface area (Å²) in [6.07, 6.45) is 4.52. The third kappa shape index (κ3) is 3.22. The smallest absolute Gasteiger partial charge is 0.255 e. The number of nitrogens with zero attached hydrogens (tertiary/aromatic N) is 1. The molecule has 1 aliphatic carbocycles. The number of rotatable bonds is 5. The van der Waals surface area contributed by atoms with Gasteiger partial charge in [-0.2, -0.15) is 0 Å². The Balaban J connectivity index is 1.25. The quantitative estimate of drug-likeness (QED) is 0.652. The molecule has 3 heterocycles. The first kappa shape index (κ1) is 17.8. The average Bonchev–Trinajstić information content (AvgIpc) is 3.33. The molecule has 3 atom stereocenters. The minimum Gasteiger partial charge on any atom is -0.322 e. The van der Waals surface area contributed by atoms with Crippen molar-refractivity contribution < 1.29 is 14.4 Å². The third-order valence-corrected chi connectivity index (χ3v) is 6.56. The van der Waals surface area contributed by atoms with E-state index in [1.807, 2.05) is 12.1 Å². The van der Waals surface area contributed by atoms with E-state index < -0.39 is 6.04 Å². The first-order valence-corrected chi connectivity index (χ1v) is 10.3. The zero-order valence-electron chi connectivity index (χ0n) is 15.9. The minimum absolute atomic E-state index is 0.113. The van der Waals surface area contributed by atoms with E-state index in [9.17, 15) is 14.4 Å². The van der Waals surface area contributed by atoms with Gasteiger partial charge in [-0.1, -0.05) is 12.1 Å². The number of fused-ring (bicyclic) bond motifs is 1. The van der Waals surface area contributed by atoms with Gasteiger partial charge in [0.05, 0.1) is 0 Å². The summed E-state index contributed by atoms with van der Waals surface area (Å²) < 4.78 is 0. The summed E-state index contributed by atoms with van der Waals surface area (Å²) in [5, 5.41) is 9.67. The van der Waals surface area contributed by atoms with Gasteiger partial charge in [-0.05, 0) is 55.3 Å². The molecule has 0 spiro atoms. The van der Waals surface area contributed by atoms with Crippen molar-refractivity contribution in [2.45, 2.75) is 63.3 Å². The lowest BCUT2D eigenvalue weighted by Crippen LogP contribution is -2.52. The number of carbonyl (C=O) groups excluding carboxylic acids is 3. The van der Waals surface area contributed by atoms with E-state index in [0.29, 0.717) is 30.6 Å². The Bertz CT molecular complexity index is 835. The van der Waals surface area contributed by atoms with Crippen molar-refractivity contribution in [3.05, 3.63) is 34.9 Å². The summed E-state index contributed by atoms with van der Waals surface area (Å²) in [6, 6.07) is 6.53. The van der Waals surface area contributed by atoms with E-state index in [2.05, 4.69) is 22.0 Å². The highest BCUT2D eigenvalue weighted by Gasteiger charge is 2.40. The highest BCUT2D eigenvalue weighted by molar-refractivity contribution is 6.05. The Morgan fingerprint density at radius 2 is 1.96 bits per heavy atom. The van der Waals surface area contributed by atoms with E-state index in [1.54, 1.807) is 4.90 Å². The monoisotopic (exact) mass is 382 g/mol. The molecule has 3 N–H and O–H groups in total. The molecule has 7 nitrogen and oxygen atoms in total. The lowest BCUT2D eigenvalue weighted by atomic mass is 10.0. The number of hydrogen-bond acceptors (Lipinski definition) is 5. The molecule has 1 aromatic carbocycles. The van der Waals surface area contributed by atoms with Crippen molar-refractivity contribution in [2.75, 3.05) is 6.54 Å². The van der Waals surface area contributed by atoms with E-state index in [0.717, 1.165) is 36.6 Å². The number of amides is 3. The average molecular weight is 382 g/mol. The molecule has 1 aromatic rings. The molecule has 148 valence electrons. The summed E-state index contributed by atoms with van der Waals surface area (Å²) in [4.78, 5) is 37.9. The Hall–Kier alpha value is -2.25. The molecular weight excluding hydrogens is 356 g/mol. The Labute approximate surface area is 164 Å². The van der Waals surface area contributed by atoms with Gasteiger partial charge in [0, 0.05) is 37.2 Å². The van der Waals surface area contributed by atoms with Gasteiger partial charge >= 0.3 is 0 Å². The molecule has 1 saturated carbocycles. The van der Waals surface area contributed by atoms with Gasteiger partial charge < -0.3 is 15.5 Å². The van der Waals surface area contributed by atoms with Gasteiger partial charge in [-0.15, -0.1) is 0 Å². The summed E-state index contributed by atoms with van der Waals surface area (Å²) in [6.45, 7) is 2.30. The van der Waals surface area contributed by atoms with Crippen molar-refractivity contribution in [3.63, 3.8) is 0 Å². The fourth-order valence-corrected chi connectivity index (χ4v) is 4.89. The normalized spacial score (nSPS) is 29.9. The van der Waals surface area contributed by atoms with E-state index in [-0.39, 0.29) is 24.1 Å². The predicted molar refractivity (Wildman–Crippen MR) is 102 cm³/mol. The summed E-state index contributed by atoms with van der Waals surface area (Å²) in [5.41, 5.74) is 2.81. The first-order valence-electron chi connectivity index (χ1n) is 10.3. The Kier molecular flexibility index (Phi) is 4.44. The SMILES string of the molecule is O=C1CCC(N2Cc3cc(CN[C@@H]4CCN[C@H]4C4CC4)ccc3C2=O)C(=O)N1. The van der Waals surface area contributed by atoms with Crippen LogP contribution in [0.5, 0.6) is 0 Å². The zero-order valence-corrected chi connectivity index (χ0v) is 15.9. The molecule has 3 fully saturated rings. The van der Waals surface area contributed by atoms with Crippen LogP contribution in [0.15, 0.2) is 18.2 Å². The van der Waals surface area contributed by atoms with E-state index >= 15 is 0 Å². The number of nitrogens with one attached hydrogen (secondary N) is 3. The highest BCUT2D eigenvalue weighted by Crippen LogP contribution is 2.36. The van der Waals surface area contributed by atoms with Gasteiger partial charge in [0.2, 0.25) is 11.8 Å². The number of piperidine rings is 1. The second kappa shape index (κ2) is 6.97. The maximum Gasteiger partial charge on any atom is 0.255 e. The molecule has 3 aliphatic heterocycles. The molecule has 0 radical (unpaired) electrons. The summed E-state index contributed by atoms with van der Waals surface area (Å²) in [7, 11) is 0. The zero-order chi connectivity index (χ0) is 19.3. The molecular formula is C21H26N4O3. The van der Waals surface area contributed by atoms with Crippen LogP contribution >= 0.6 is 0 Å². The molecule has 2 saturated heterocycles. The molecule has 0 aromatic heterocycles. The molecule has 7 heteroatoms. The van der Waals surface area contributed by atoms with Crippen molar-refractivity contribution in [1.82, 2.24) is 20.9 Å². The third-order valence-electron chi connectivity index (χ3n) is 6.56. The van der Waals surface area contributed by atoms with Crippen LogP contribution in [0, 0.1) is 5.92 Å². The van der Waals surface area contributed by atoms with Crippen LogP contribution in [0.3, 0.4) is 0 Å². The largest absolute Gasteiger partial charge is 0.322 e. The molecule has 1 unspecified atom stereocenters. The number of carbonyl (C=O) groups is 3. The van der Waals surface area contributed by atoms with Crippen LogP contribution < -0.4 is 16.0 Å². The molecule has 4 aliphatic rings. The molecule has 3 amide bonds. The van der Waals surface area contributed by atoms with Gasteiger partial charge in [0.25, 0.3) is 5.91 Å². The van der Waals surface area contributed by atoms with E-state index in [1.165, 1.54) is 12.8 Å². The van der Waals surface area contributed by atoms with Gasteiger partial charge in [-0.25, -0.2) is 0 Å². The van der Waals surface area contributed by atoms with Crippen molar-refractivity contribution >= 4 is 17.7 Å². The summed E-state index contributed by atoms with van der Waals surface area (Å²) >= 11 is 0. The van der Waals surface area contributed by atoms with Crippen LogP contribution in [0.4, 0.5) is 0 Å². The molecule has 5 rings (SSSR count). The predicted octanol–water partition coefficient (Wildman–Crippen LogP) is 0.678. The lowest BCUT2D eigenvalue weighted by Gasteiger charge is -2.29. The Morgan fingerprint density at radius 1 is 1.11 bits per heavy atom. The second-order valence-electron chi connectivity index (χ2n) is 8.48. The Morgan fingerprint density at radius 3 is 2.75 bits per heavy atom. The van der Waals surface area contributed by atoms with Crippen LogP contribution in [-0.2, 0) is 22.7 Å². The maximum atomic E-state index is 12.8. The highest BCUT2D eigenvalue weighted by atomic mass is 16.2. The van der Waals surface area contributed by atoms with Crippen molar-refractivity contribution in [2.24, 2.45) is 5.92 Å².